The predicted molar refractivity (Wildman–Crippen MR) is 246 cm³/mol. The van der Waals surface area contributed by atoms with Crippen LogP contribution < -0.4 is 0 Å². The molecule has 3 aromatic heterocycles. The number of aromatic nitrogens is 3. The van der Waals surface area contributed by atoms with Crippen LogP contribution >= 0.6 is 0 Å². The van der Waals surface area contributed by atoms with Crippen LogP contribution in [0.3, 0.4) is 0 Å². The number of carbonyl (C=O) groups excluding carboxylic acids is 3. The number of nitrogens with zero attached hydrogens (tertiary/aromatic N) is 6. The molecule has 0 atom stereocenters. The first kappa shape index (κ1) is 48.7. The number of esters is 3. The molecule has 4 heterocycles. The minimum absolute atomic E-state index is 0.00539. The van der Waals surface area contributed by atoms with E-state index in [2.05, 4.69) is 15.0 Å². The normalized spacial score (nSPS) is 13.6. The highest BCUT2D eigenvalue weighted by Crippen LogP contribution is 2.18. The summed E-state index contributed by atoms with van der Waals surface area (Å²) >= 11 is 0. The Morgan fingerprint density at radius 1 is 0.391 bits per heavy atom. The second kappa shape index (κ2) is 23.5. The molecule has 0 aliphatic carbocycles. The lowest BCUT2D eigenvalue weighted by atomic mass is 10.1. The summed E-state index contributed by atoms with van der Waals surface area (Å²) in [5, 5.41) is 30.0. The fraction of sp³-hybridized carbons (Fsp3) is 0.235. The van der Waals surface area contributed by atoms with Gasteiger partial charge in [0.25, 0.3) is 0 Å². The standard InChI is InChI=1S/C51H48N6O12/c58-46(59)43-25-37(49(64)67-31-34-10-4-1-5-11-34)22-40(52-43)28-55-16-18-56(29-41-23-38(26-44(53-41)47(60)61)50(65)68-32-35-12-6-2-7-13-35)20-21-57(19-17-55)30-42-24-39(27-45(54-42)48(62)63)51(66)69-33-36-14-8-3-9-15-36/h1-15,22-27H,16-21,28-33H2,(H,58,59)(H,60,61)(H,62,63). The van der Waals surface area contributed by atoms with Crippen molar-refractivity contribution < 1.29 is 58.3 Å². The van der Waals surface area contributed by atoms with Gasteiger partial charge in [0.2, 0.25) is 0 Å². The SMILES string of the molecule is O=C(OCc1ccccc1)c1cc(CN2CCN(Cc3cc(C(=O)OCc4ccccc4)cc(C(=O)O)n3)CCN(Cc3cc(C(=O)OCc4ccccc4)cc(C(=O)O)n3)CC2)nc(C(=O)O)c1. The van der Waals surface area contributed by atoms with Crippen molar-refractivity contribution in [1.29, 1.82) is 0 Å². The Morgan fingerprint density at radius 3 is 0.870 bits per heavy atom. The number of carbonyl (C=O) groups is 6. The van der Waals surface area contributed by atoms with Crippen molar-refractivity contribution in [2.45, 2.75) is 39.5 Å². The summed E-state index contributed by atoms with van der Waals surface area (Å²) in [5.74, 6) is -6.21. The highest BCUT2D eigenvalue weighted by Gasteiger charge is 2.24. The Bertz CT molecular complexity index is 2480. The van der Waals surface area contributed by atoms with Crippen LogP contribution in [0.2, 0.25) is 0 Å². The van der Waals surface area contributed by atoms with E-state index in [1.807, 2.05) is 32.9 Å². The van der Waals surface area contributed by atoms with Crippen molar-refractivity contribution in [3.63, 3.8) is 0 Å². The van der Waals surface area contributed by atoms with Crippen LogP contribution in [0.4, 0.5) is 0 Å². The molecule has 0 saturated carbocycles. The van der Waals surface area contributed by atoms with Gasteiger partial charge in [0.1, 0.15) is 36.9 Å². The number of benzene rings is 3. The van der Waals surface area contributed by atoms with Crippen molar-refractivity contribution in [3.8, 4) is 0 Å². The minimum Gasteiger partial charge on any atom is -0.477 e. The number of aromatic carboxylic acids is 3. The molecule has 69 heavy (non-hydrogen) atoms. The van der Waals surface area contributed by atoms with E-state index in [9.17, 15) is 44.1 Å². The second-order valence-electron chi connectivity index (χ2n) is 16.1. The fourth-order valence-electron chi connectivity index (χ4n) is 7.45. The number of rotatable bonds is 18. The molecule has 0 unspecified atom stereocenters. The van der Waals surface area contributed by atoms with Gasteiger partial charge in [-0.05, 0) is 53.1 Å². The highest BCUT2D eigenvalue weighted by atomic mass is 16.5. The predicted octanol–water partition coefficient (Wildman–Crippen LogP) is 5.86. The lowest BCUT2D eigenvalue weighted by Gasteiger charge is -2.25. The number of hydrogen-bond acceptors (Lipinski definition) is 15. The molecule has 3 aromatic carbocycles. The number of hydrogen-bond donors (Lipinski definition) is 3. The Labute approximate surface area is 396 Å². The molecular formula is C51H48N6O12. The van der Waals surface area contributed by atoms with E-state index >= 15 is 0 Å². The first-order valence-electron chi connectivity index (χ1n) is 21.9. The highest BCUT2D eigenvalue weighted by molar-refractivity contribution is 5.95. The summed E-state index contributed by atoms with van der Waals surface area (Å²) in [4.78, 5) is 95.7. The van der Waals surface area contributed by atoms with Crippen LogP contribution in [0, 0.1) is 0 Å². The van der Waals surface area contributed by atoms with E-state index in [0.717, 1.165) is 34.9 Å². The van der Waals surface area contributed by atoms with E-state index < -0.39 is 35.8 Å². The molecule has 1 aliphatic rings. The van der Waals surface area contributed by atoms with Gasteiger partial charge in [-0.3, -0.25) is 14.7 Å². The number of carboxylic acids is 3. The molecule has 6 aromatic rings. The Morgan fingerprint density at radius 2 is 0.638 bits per heavy atom. The summed E-state index contributed by atoms with van der Waals surface area (Å²) in [6, 6.07) is 35.0. The number of pyridine rings is 3. The minimum atomic E-state index is -1.34. The maximum Gasteiger partial charge on any atom is 0.354 e. The zero-order valence-electron chi connectivity index (χ0n) is 37.3. The largest absolute Gasteiger partial charge is 0.477 e. The van der Waals surface area contributed by atoms with E-state index in [-0.39, 0.29) is 90.3 Å². The van der Waals surface area contributed by atoms with Crippen LogP contribution in [-0.4, -0.2) is 120 Å². The molecule has 354 valence electrons. The quantitative estimate of drug-likeness (QED) is 0.0676. The molecule has 1 fully saturated rings. The molecule has 18 nitrogen and oxygen atoms in total. The van der Waals surface area contributed by atoms with Gasteiger partial charge in [0, 0.05) is 58.9 Å². The van der Waals surface area contributed by atoms with Gasteiger partial charge >= 0.3 is 35.8 Å². The van der Waals surface area contributed by atoms with E-state index in [1.165, 1.54) is 18.2 Å². The molecule has 3 N–H and O–H groups in total. The van der Waals surface area contributed by atoms with Gasteiger partial charge in [-0.2, -0.15) is 0 Å². The fourth-order valence-corrected chi connectivity index (χ4v) is 7.45. The monoisotopic (exact) mass is 936 g/mol. The smallest absolute Gasteiger partial charge is 0.354 e. The summed E-state index contributed by atoms with van der Waals surface area (Å²) in [6.07, 6.45) is 0. The summed E-state index contributed by atoms with van der Waals surface area (Å²) in [5.41, 5.74) is 2.05. The Balaban J connectivity index is 1.15. The van der Waals surface area contributed by atoms with Crippen LogP contribution in [0.15, 0.2) is 127 Å². The van der Waals surface area contributed by atoms with Crippen molar-refractivity contribution in [1.82, 2.24) is 29.7 Å². The van der Waals surface area contributed by atoms with Crippen LogP contribution in [-0.2, 0) is 53.7 Å². The molecule has 7 rings (SSSR count). The maximum atomic E-state index is 13.3. The third kappa shape index (κ3) is 14.4. The maximum absolute atomic E-state index is 13.3. The van der Waals surface area contributed by atoms with E-state index in [0.29, 0.717) is 39.3 Å². The average molecular weight is 937 g/mol. The number of carboxylic acid groups (broad SMARTS) is 3. The van der Waals surface area contributed by atoms with Crippen LogP contribution in [0.1, 0.15) is 96.3 Å². The summed E-state index contributed by atoms with van der Waals surface area (Å²) < 4.78 is 16.6. The lowest BCUT2D eigenvalue weighted by Crippen LogP contribution is -2.36. The Hall–Kier alpha value is -8.19. The van der Waals surface area contributed by atoms with Gasteiger partial charge in [0.05, 0.1) is 33.8 Å². The molecular weight excluding hydrogens is 889 g/mol. The molecule has 0 amide bonds. The van der Waals surface area contributed by atoms with E-state index in [4.69, 9.17) is 14.2 Å². The molecule has 0 bridgehead atoms. The third-order valence-electron chi connectivity index (χ3n) is 11.0. The lowest BCUT2D eigenvalue weighted by molar-refractivity contribution is 0.0463. The van der Waals surface area contributed by atoms with Crippen molar-refractivity contribution in [2.75, 3.05) is 39.3 Å². The number of ether oxygens (including phenoxy) is 3. The average Bonchev–Trinajstić information content (AvgIpc) is 3.45. The Kier molecular flexibility index (Phi) is 16.6. The first-order valence-corrected chi connectivity index (χ1v) is 21.9. The third-order valence-corrected chi connectivity index (χ3v) is 11.0. The zero-order valence-corrected chi connectivity index (χ0v) is 37.3. The van der Waals surface area contributed by atoms with Crippen LogP contribution in [0.25, 0.3) is 0 Å². The summed E-state index contributed by atoms with van der Waals surface area (Å²) in [7, 11) is 0. The van der Waals surface area contributed by atoms with Crippen molar-refractivity contribution in [2.24, 2.45) is 0 Å². The van der Waals surface area contributed by atoms with Crippen molar-refractivity contribution in [3.05, 3.63) is 195 Å². The van der Waals surface area contributed by atoms with Crippen molar-refractivity contribution >= 4 is 35.8 Å². The first-order chi connectivity index (χ1) is 33.3. The molecule has 18 heteroatoms. The van der Waals surface area contributed by atoms with Crippen LogP contribution in [0.5, 0.6) is 0 Å². The molecule has 1 aliphatic heterocycles. The van der Waals surface area contributed by atoms with Gasteiger partial charge in [-0.25, -0.2) is 43.7 Å². The topological polar surface area (TPSA) is 239 Å². The van der Waals surface area contributed by atoms with Gasteiger partial charge < -0.3 is 29.5 Å². The van der Waals surface area contributed by atoms with Gasteiger partial charge in [0.15, 0.2) is 0 Å². The van der Waals surface area contributed by atoms with E-state index in [1.54, 1.807) is 72.8 Å². The zero-order chi connectivity index (χ0) is 48.7. The van der Waals surface area contributed by atoms with Gasteiger partial charge in [-0.1, -0.05) is 91.0 Å². The molecule has 0 spiro atoms. The van der Waals surface area contributed by atoms with Gasteiger partial charge in [-0.15, -0.1) is 0 Å². The molecule has 1 saturated heterocycles. The summed E-state index contributed by atoms with van der Waals surface area (Å²) in [6.45, 7) is 2.42. The second-order valence-corrected chi connectivity index (χ2v) is 16.1. The molecule has 0 radical (unpaired) electrons.